The Morgan fingerprint density at radius 2 is 2.43 bits per heavy atom. The van der Waals surface area contributed by atoms with Crippen LogP contribution in [-0.4, -0.2) is 43.0 Å². The maximum atomic E-state index is 11.4. The van der Waals surface area contributed by atoms with Gasteiger partial charge in [0.05, 0.1) is 6.54 Å². The predicted octanol–water partition coefficient (Wildman–Crippen LogP) is -0.0643. The molecule has 4 nitrogen and oxygen atoms in total. The molecule has 0 aromatic heterocycles. The zero-order chi connectivity index (χ0) is 10.4. The molecule has 14 heavy (non-hydrogen) atoms. The van der Waals surface area contributed by atoms with Crippen molar-refractivity contribution < 1.29 is 4.79 Å². The largest absolute Gasteiger partial charge is 0.355 e. The molecular weight excluding hydrogens is 178 g/mol. The first kappa shape index (κ1) is 11.5. The highest BCUT2D eigenvalue weighted by molar-refractivity contribution is 5.77. The van der Waals surface area contributed by atoms with Crippen LogP contribution in [0.3, 0.4) is 0 Å². The average Bonchev–Trinajstić information content (AvgIpc) is 2.15. The number of nitrogens with one attached hydrogen (secondary N) is 1. The first-order valence-corrected chi connectivity index (χ1v) is 5.47. The van der Waals surface area contributed by atoms with Crippen molar-refractivity contribution in [2.45, 2.75) is 32.2 Å². The van der Waals surface area contributed by atoms with E-state index in [1.54, 1.807) is 0 Å². The minimum atomic E-state index is 0.126. The van der Waals surface area contributed by atoms with Gasteiger partial charge in [-0.05, 0) is 25.8 Å². The summed E-state index contributed by atoms with van der Waals surface area (Å²) < 4.78 is 0. The van der Waals surface area contributed by atoms with Crippen LogP contribution in [-0.2, 0) is 4.79 Å². The molecule has 1 fully saturated rings. The molecule has 1 rings (SSSR count). The molecule has 4 heteroatoms. The van der Waals surface area contributed by atoms with Crippen molar-refractivity contribution in [3.8, 4) is 0 Å². The van der Waals surface area contributed by atoms with Crippen LogP contribution >= 0.6 is 0 Å². The van der Waals surface area contributed by atoms with E-state index in [-0.39, 0.29) is 11.9 Å². The third-order valence-corrected chi connectivity index (χ3v) is 2.48. The Hall–Kier alpha value is -0.610. The summed E-state index contributed by atoms with van der Waals surface area (Å²) in [6, 6.07) is 0.253. The van der Waals surface area contributed by atoms with E-state index in [9.17, 15) is 4.79 Å². The summed E-state index contributed by atoms with van der Waals surface area (Å²) in [6.45, 7) is 5.20. The Morgan fingerprint density at radius 1 is 1.64 bits per heavy atom. The molecule has 82 valence electrons. The lowest BCUT2D eigenvalue weighted by molar-refractivity contribution is -0.122. The Morgan fingerprint density at radius 3 is 3.07 bits per heavy atom. The molecule has 0 unspecified atom stereocenters. The number of rotatable bonds is 4. The molecule has 0 bridgehead atoms. The van der Waals surface area contributed by atoms with Crippen molar-refractivity contribution in [3.63, 3.8) is 0 Å². The highest BCUT2D eigenvalue weighted by Crippen LogP contribution is 2.06. The van der Waals surface area contributed by atoms with Crippen LogP contribution in [0.25, 0.3) is 0 Å². The molecule has 1 heterocycles. The Balaban J connectivity index is 2.18. The number of likely N-dealkylation sites (tertiary alicyclic amines) is 1. The van der Waals surface area contributed by atoms with E-state index in [1.165, 1.54) is 0 Å². The zero-order valence-corrected chi connectivity index (χ0v) is 8.96. The number of hydrogen-bond donors (Lipinski definition) is 2. The van der Waals surface area contributed by atoms with Crippen molar-refractivity contribution in [1.82, 2.24) is 10.2 Å². The van der Waals surface area contributed by atoms with E-state index in [4.69, 9.17) is 5.73 Å². The lowest BCUT2D eigenvalue weighted by Crippen LogP contribution is -2.47. The van der Waals surface area contributed by atoms with Gasteiger partial charge in [-0.25, -0.2) is 0 Å². The molecule has 0 saturated carbocycles. The molecule has 0 aromatic rings. The number of piperidine rings is 1. The van der Waals surface area contributed by atoms with Crippen LogP contribution in [0.5, 0.6) is 0 Å². The van der Waals surface area contributed by atoms with Crippen LogP contribution in [0.15, 0.2) is 0 Å². The van der Waals surface area contributed by atoms with E-state index >= 15 is 0 Å². The quantitative estimate of drug-likeness (QED) is 0.666. The van der Waals surface area contributed by atoms with E-state index in [2.05, 4.69) is 17.1 Å². The summed E-state index contributed by atoms with van der Waals surface area (Å²) in [4.78, 5) is 13.5. The Kier molecular flexibility index (Phi) is 4.90. The SMILES string of the molecule is CCCNC(=O)CN1CCC[C@@H](N)C1. The zero-order valence-electron chi connectivity index (χ0n) is 8.96. The fourth-order valence-corrected chi connectivity index (χ4v) is 1.76. The van der Waals surface area contributed by atoms with E-state index in [1.807, 2.05) is 0 Å². The highest BCUT2D eigenvalue weighted by Gasteiger charge is 2.18. The van der Waals surface area contributed by atoms with Crippen molar-refractivity contribution in [3.05, 3.63) is 0 Å². The number of hydrogen-bond acceptors (Lipinski definition) is 3. The molecule has 1 atom stereocenters. The fourth-order valence-electron chi connectivity index (χ4n) is 1.76. The van der Waals surface area contributed by atoms with Crippen LogP contribution in [0.4, 0.5) is 0 Å². The average molecular weight is 199 g/mol. The summed E-state index contributed by atoms with van der Waals surface area (Å²) >= 11 is 0. The maximum Gasteiger partial charge on any atom is 0.234 e. The van der Waals surface area contributed by atoms with Crippen molar-refractivity contribution in [1.29, 1.82) is 0 Å². The number of carbonyl (C=O) groups is 1. The second-order valence-electron chi connectivity index (χ2n) is 3.99. The first-order valence-electron chi connectivity index (χ1n) is 5.47. The van der Waals surface area contributed by atoms with Gasteiger partial charge in [0, 0.05) is 19.1 Å². The number of nitrogens with zero attached hydrogens (tertiary/aromatic N) is 1. The Bertz CT molecular complexity index is 184. The van der Waals surface area contributed by atoms with E-state index in [0.29, 0.717) is 6.54 Å². The molecule has 0 spiro atoms. The van der Waals surface area contributed by atoms with Crippen molar-refractivity contribution in [2.24, 2.45) is 5.73 Å². The molecular formula is C10H21N3O. The third kappa shape index (κ3) is 4.07. The van der Waals surface area contributed by atoms with Gasteiger partial charge in [-0.15, -0.1) is 0 Å². The van der Waals surface area contributed by atoms with Gasteiger partial charge in [0.2, 0.25) is 5.91 Å². The summed E-state index contributed by atoms with van der Waals surface area (Å²) in [5.74, 6) is 0.126. The van der Waals surface area contributed by atoms with Gasteiger partial charge < -0.3 is 11.1 Å². The van der Waals surface area contributed by atoms with Gasteiger partial charge in [0.15, 0.2) is 0 Å². The normalized spacial score (nSPS) is 23.4. The lowest BCUT2D eigenvalue weighted by Gasteiger charge is -2.29. The van der Waals surface area contributed by atoms with Crippen molar-refractivity contribution >= 4 is 5.91 Å². The smallest absolute Gasteiger partial charge is 0.234 e. The molecule has 1 amide bonds. The number of amides is 1. The standard InChI is InChI=1S/C10H21N3O/c1-2-5-12-10(14)8-13-6-3-4-9(11)7-13/h9H,2-8,11H2,1H3,(H,12,14)/t9-/m1/s1. The second kappa shape index (κ2) is 5.98. The van der Waals surface area contributed by atoms with Crippen LogP contribution < -0.4 is 11.1 Å². The monoisotopic (exact) mass is 199 g/mol. The number of nitrogens with two attached hydrogens (primary N) is 1. The second-order valence-corrected chi connectivity index (χ2v) is 3.99. The molecule has 0 aliphatic carbocycles. The molecule has 0 aromatic carbocycles. The van der Waals surface area contributed by atoms with Crippen molar-refractivity contribution in [2.75, 3.05) is 26.2 Å². The molecule has 1 aliphatic rings. The summed E-state index contributed by atoms with van der Waals surface area (Å²) in [7, 11) is 0. The van der Waals surface area contributed by atoms with Gasteiger partial charge in [-0.1, -0.05) is 6.92 Å². The predicted molar refractivity (Wildman–Crippen MR) is 57.0 cm³/mol. The first-order chi connectivity index (χ1) is 6.72. The summed E-state index contributed by atoms with van der Waals surface area (Å²) in [6.07, 6.45) is 3.19. The maximum absolute atomic E-state index is 11.4. The van der Waals surface area contributed by atoms with Gasteiger partial charge in [0.1, 0.15) is 0 Å². The van der Waals surface area contributed by atoms with Gasteiger partial charge >= 0.3 is 0 Å². The Labute approximate surface area is 85.8 Å². The van der Waals surface area contributed by atoms with Crippen LogP contribution in [0.2, 0.25) is 0 Å². The minimum absolute atomic E-state index is 0.126. The van der Waals surface area contributed by atoms with E-state index in [0.717, 1.165) is 38.9 Å². The lowest BCUT2D eigenvalue weighted by atomic mass is 10.1. The van der Waals surface area contributed by atoms with Gasteiger partial charge in [-0.3, -0.25) is 9.69 Å². The van der Waals surface area contributed by atoms with Gasteiger partial charge in [-0.2, -0.15) is 0 Å². The van der Waals surface area contributed by atoms with Gasteiger partial charge in [0.25, 0.3) is 0 Å². The third-order valence-electron chi connectivity index (χ3n) is 2.48. The number of carbonyl (C=O) groups excluding carboxylic acids is 1. The summed E-state index contributed by atoms with van der Waals surface area (Å²) in [5.41, 5.74) is 5.83. The topological polar surface area (TPSA) is 58.4 Å². The minimum Gasteiger partial charge on any atom is -0.355 e. The molecule has 1 aliphatic heterocycles. The highest BCUT2D eigenvalue weighted by atomic mass is 16.2. The molecule has 1 saturated heterocycles. The fraction of sp³-hybridized carbons (Fsp3) is 0.900. The van der Waals surface area contributed by atoms with E-state index < -0.39 is 0 Å². The van der Waals surface area contributed by atoms with Crippen LogP contribution in [0, 0.1) is 0 Å². The van der Waals surface area contributed by atoms with Crippen LogP contribution in [0.1, 0.15) is 26.2 Å². The molecule has 0 radical (unpaired) electrons. The summed E-state index contributed by atoms with van der Waals surface area (Å²) in [5, 5.41) is 2.87. The molecule has 3 N–H and O–H groups in total.